The normalized spacial score (nSPS) is 10.4. The van der Waals surface area contributed by atoms with E-state index in [1.807, 2.05) is 26.0 Å². The summed E-state index contributed by atoms with van der Waals surface area (Å²) < 4.78 is 5.15. The quantitative estimate of drug-likeness (QED) is 0.665. The molecule has 7 heteroatoms. The van der Waals surface area contributed by atoms with Crippen LogP contribution in [0, 0.1) is 13.8 Å². The van der Waals surface area contributed by atoms with Crippen LogP contribution in [0.5, 0.6) is 5.75 Å². The molecular formula is C20H19ClN4O2. The number of nitrogens with zero attached hydrogens (tertiary/aromatic N) is 2. The summed E-state index contributed by atoms with van der Waals surface area (Å²) >= 11 is 6.29. The molecule has 0 aliphatic rings. The number of rotatable bonds is 5. The third-order valence-electron chi connectivity index (χ3n) is 3.91. The number of hydrogen-bond donors (Lipinski definition) is 2. The second-order valence-electron chi connectivity index (χ2n) is 6.05. The molecule has 2 N–H and O–H groups in total. The lowest BCUT2D eigenvalue weighted by molar-refractivity contribution is 0.102. The second-order valence-corrected chi connectivity index (χ2v) is 6.45. The SMILES string of the molecule is COc1cccc(NC(=O)c2cnc(Nc3c(C)cc(C)cc3Cl)nc2)c1. The Morgan fingerprint density at radius 1 is 1.11 bits per heavy atom. The van der Waals surface area contributed by atoms with Crippen molar-refractivity contribution >= 4 is 34.8 Å². The number of methoxy groups -OCH3 is 1. The standard InChI is InChI=1S/C20H19ClN4O2/c1-12-7-13(2)18(17(21)8-12)25-20-22-10-14(11-23-20)19(26)24-15-5-4-6-16(9-15)27-3/h4-11H,1-3H3,(H,24,26)(H,22,23,25). The Kier molecular flexibility index (Phi) is 5.57. The summed E-state index contributed by atoms with van der Waals surface area (Å²) in [5.74, 6) is 0.718. The smallest absolute Gasteiger partial charge is 0.258 e. The van der Waals surface area contributed by atoms with E-state index in [2.05, 4.69) is 20.6 Å². The molecular weight excluding hydrogens is 364 g/mol. The van der Waals surface area contributed by atoms with Gasteiger partial charge in [0.1, 0.15) is 5.75 Å². The van der Waals surface area contributed by atoms with E-state index in [1.165, 1.54) is 12.4 Å². The number of benzene rings is 2. The zero-order valence-corrected chi connectivity index (χ0v) is 16.0. The number of aromatic nitrogens is 2. The van der Waals surface area contributed by atoms with Crippen molar-refractivity contribution in [3.63, 3.8) is 0 Å². The summed E-state index contributed by atoms with van der Waals surface area (Å²) in [6.07, 6.45) is 2.92. The molecule has 0 saturated carbocycles. The molecule has 138 valence electrons. The highest BCUT2D eigenvalue weighted by molar-refractivity contribution is 6.33. The molecule has 6 nitrogen and oxygen atoms in total. The van der Waals surface area contributed by atoms with Gasteiger partial charge in [-0.25, -0.2) is 9.97 Å². The van der Waals surface area contributed by atoms with E-state index in [0.29, 0.717) is 28.0 Å². The van der Waals surface area contributed by atoms with Gasteiger partial charge in [0.2, 0.25) is 5.95 Å². The Morgan fingerprint density at radius 3 is 2.52 bits per heavy atom. The number of hydrogen-bond acceptors (Lipinski definition) is 5. The van der Waals surface area contributed by atoms with Crippen molar-refractivity contribution in [2.75, 3.05) is 17.7 Å². The monoisotopic (exact) mass is 382 g/mol. The topological polar surface area (TPSA) is 76.1 Å². The van der Waals surface area contributed by atoms with Gasteiger partial charge in [0, 0.05) is 24.1 Å². The molecule has 0 atom stereocenters. The van der Waals surface area contributed by atoms with Gasteiger partial charge >= 0.3 is 0 Å². The maximum atomic E-state index is 12.4. The number of carbonyl (C=O) groups is 1. The Balaban J connectivity index is 1.72. The highest BCUT2D eigenvalue weighted by Crippen LogP contribution is 2.29. The van der Waals surface area contributed by atoms with Crippen molar-refractivity contribution in [2.45, 2.75) is 13.8 Å². The highest BCUT2D eigenvalue weighted by Gasteiger charge is 2.10. The van der Waals surface area contributed by atoms with E-state index < -0.39 is 0 Å². The van der Waals surface area contributed by atoms with Crippen LogP contribution in [-0.2, 0) is 0 Å². The van der Waals surface area contributed by atoms with Crippen LogP contribution in [0.1, 0.15) is 21.5 Å². The van der Waals surface area contributed by atoms with Crippen molar-refractivity contribution in [2.24, 2.45) is 0 Å². The minimum absolute atomic E-state index is 0.306. The summed E-state index contributed by atoms with van der Waals surface area (Å²) in [5.41, 5.74) is 3.78. The lowest BCUT2D eigenvalue weighted by Crippen LogP contribution is -2.13. The lowest BCUT2D eigenvalue weighted by Gasteiger charge is -2.11. The van der Waals surface area contributed by atoms with Crippen LogP contribution < -0.4 is 15.4 Å². The molecule has 1 aromatic heterocycles. The Morgan fingerprint density at radius 2 is 1.85 bits per heavy atom. The molecule has 1 heterocycles. The molecule has 3 aromatic rings. The van der Waals surface area contributed by atoms with Crippen molar-refractivity contribution in [3.05, 3.63) is 70.5 Å². The lowest BCUT2D eigenvalue weighted by atomic mass is 10.1. The molecule has 0 radical (unpaired) electrons. The molecule has 3 rings (SSSR count). The average molecular weight is 383 g/mol. The number of halogens is 1. The van der Waals surface area contributed by atoms with Crippen molar-refractivity contribution in [3.8, 4) is 5.75 Å². The molecule has 1 amide bonds. The fourth-order valence-electron chi connectivity index (χ4n) is 2.60. The Labute approximate surface area is 162 Å². The number of carbonyl (C=O) groups excluding carboxylic acids is 1. The maximum absolute atomic E-state index is 12.4. The first-order chi connectivity index (χ1) is 13.0. The van der Waals surface area contributed by atoms with Crippen LogP contribution in [0.3, 0.4) is 0 Å². The van der Waals surface area contributed by atoms with Crippen LogP contribution in [0.15, 0.2) is 48.8 Å². The van der Waals surface area contributed by atoms with Crippen molar-refractivity contribution < 1.29 is 9.53 Å². The van der Waals surface area contributed by atoms with Gasteiger partial charge in [0.05, 0.1) is 23.4 Å². The molecule has 2 aromatic carbocycles. The third kappa shape index (κ3) is 4.54. The number of amides is 1. The predicted octanol–water partition coefficient (Wildman–Crippen LogP) is 4.75. The zero-order valence-electron chi connectivity index (χ0n) is 15.2. The van der Waals surface area contributed by atoms with Crippen LogP contribution in [0.4, 0.5) is 17.3 Å². The van der Waals surface area contributed by atoms with Crippen LogP contribution in [0.2, 0.25) is 5.02 Å². The van der Waals surface area contributed by atoms with Crippen molar-refractivity contribution in [1.29, 1.82) is 0 Å². The molecule has 0 bridgehead atoms. The van der Waals surface area contributed by atoms with Gasteiger partial charge in [-0.1, -0.05) is 23.7 Å². The number of nitrogens with one attached hydrogen (secondary N) is 2. The molecule has 0 saturated heterocycles. The van der Waals surface area contributed by atoms with Gasteiger partial charge in [0.25, 0.3) is 5.91 Å². The summed E-state index contributed by atoms with van der Waals surface area (Å²) in [5, 5.41) is 6.48. The van der Waals surface area contributed by atoms with Gasteiger partial charge in [0.15, 0.2) is 0 Å². The van der Waals surface area contributed by atoms with Gasteiger partial charge in [-0.15, -0.1) is 0 Å². The van der Waals surface area contributed by atoms with Gasteiger partial charge in [-0.2, -0.15) is 0 Å². The van der Waals surface area contributed by atoms with E-state index >= 15 is 0 Å². The van der Waals surface area contributed by atoms with E-state index in [0.717, 1.165) is 16.8 Å². The van der Waals surface area contributed by atoms with E-state index in [-0.39, 0.29) is 5.91 Å². The molecule has 0 unspecified atom stereocenters. The maximum Gasteiger partial charge on any atom is 0.258 e. The van der Waals surface area contributed by atoms with Gasteiger partial charge in [-0.05, 0) is 43.2 Å². The first kappa shape index (κ1) is 18.7. The summed E-state index contributed by atoms with van der Waals surface area (Å²) in [7, 11) is 1.57. The first-order valence-electron chi connectivity index (χ1n) is 8.27. The largest absolute Gasteiger partial charge is 0.497 e. The van der Waals surface area contributed by atoms with E-state index in [9.17, 15) is 4.79 Å². The van der Waals surface area contributed by atoms with Gasteiger partial charge < -0.3 is 15.4 Å². The molecule has 0 fully saturated rings. The van der Waals surface area contributed by atoms with E-state index in [4.69, 9.17) is 16.3 Å². The minimum atomic E-state index is -0.306. The van der Waals surface area contributed by atoms with Gasteiger partial charge in [-0.3, -0.25) is 4.79 Å². The Hall–Kier alpha value is -3.12. The summed E-state index contributed by atoms with van der Waals surface area (Å²) in [6.45, 7) is 3.94. The Bertz CT molecular complexity index is 951. The number of aryl methyl sites for hydroxylation is 2. The summed E-state index contributed by atoms with van der Waals surface area (Å²) in [4.78, 5) is 20.8. The minimum Gasteiger partial charge on any atom is -0.497 e. The number of ether oxygens (including phenoxy) is 1. The van der Waals surface area contributed by atoms with Crippen LogP contribution >= 0.6 is 11.6 Å². The fraction of sp³-hybridized carbons (Fsp3) is 0.150. The first-order valence-corrected chi connectivity index (χ1v) is 8.65. The second kappa shape index (κ2) is 8.05. The predicted molar refractivity (Wildman–Crippen MR) is 107 cm³/mol. The van der Waals surface area contributed by atoms with Crippen LogP contribution in [-0.4, -0.2) is 23.0 Å². The highest BCUT2D eigenvalue weighted by atomic mass is 35.5. The molecule has 0 spiro atoms. The third-order valence-corrected chi connectivity index (χ3v) is 4.21. The van der Waals surface area contributed by atoms with Crippen molar-refractivity contribution in [1.82, 2.24) is 9.97 Å². The number of anilines is 3. The molecule has 27 heavy (non-hydrogen) atoms. The summed E-state index contributed by atoms with van der Waals surface area (Å²) in [6, 6.07) is 11.0. The average Bonchev–Trinajstić information content (AvgIpc) is 2.65. The fourth-order valence-corrected chi connectivity index (χ4v) is 2.97. The zero-order chi connectivity index (χ0) is 19.4. The molecule has 0 aliphatic heterocycles. The van der Waals surface area contributed by atoms with E-state index in [1.54, 1.807) is 31.4 Å². The molecule has 0 aliphatic carbocycles. The van der Waals surface area contributed by atoms with Crippen LogP contribution in [0.25, 0.3) is 0 Å².